The Bertz CT molecular complexity index is 347. The molecule has 0 amide bonds. The van der Waals surface area contributed by atoms with Crippen molar-refractivity contribution in [3.05, 3.63) is 34.9 Å². The van der Waals surface area contributed by atoms with Crippen LogP contribution in [0.25, 0.3) is 0 Å². The first-order valence-electron chi connectivity index (χ1n) is 6.10. The zero-order valence-corrected chi connectivity index (χ0v) is 11.5. The van der Waals surface area contributed by atoms with E-state index in [4.69, 9.17) is 0 Å². The minimum Gasteiger partial charge on any atom is -0.310 e. The third kappa shape index (κ3) is 3.97. The molecular weight excluding hydrogens is 194 g/mol. The highest BCUT2D eigenvalue weighted by atomic mass is 14.9. The Morgan fingerprint density at radius 1 is 1.12 bits per heavy atom. The van der Waals surface area contributed by atoms with Gasteiger partial charge in [-0.25, -0.2) is 0 Å². The Morgan fingerprint density at radius 3 is 2.25 bits per heavy atom. The molecule has 0 saturated heterocycles. The monoisotopic (exact) mass is 219 g/mol. The van der Waals surface area contributed by atoms with Crippen LogP contribution in [0.5, 0.6) is 0 Å². The lowest BCUT2D eigenvalue weighted by Gasteiger charge is -2.23. The highest BCUT2D eigenvalue weighted by Crippen LogP contribution is 2.18. The van der Waals surface area contributed by atoms with E-state index >= 15 is 0 Å². The molecule has 0 aliphatic carbocycles. The summed E-state index contributed by atoms with van der Waals surface area (Å²) in [6, 6.07) is 7.15. The Hall–Kier alpha value is -0.820. The first-order valence-corrected chi connectivity index (χ1v) is 6.10. The Kier molecular flexibility index (Phi) is 4.15. The smallest absolute Gasteiger partial charge is 0.0292 e. The van der Waals surface area contributed by atoms with Crippen molar-refractivity contribution in [2.75, 3.05) is 6.54 Å². The molecule has 1 atom stereocenters. The summed E-state index contributed by atoms with van der Waals surface area (Å²) in [5, 5.41) is 3.59. The Labute approximate surface area is 100 Å². The fourth-order valence-corrected chi connectivity index (χ4v) is 1.61. The molecule has 1 nitrogen and oxygen atoms in total. The van der Waals surface area contributed by atoms with Crippen LogP contribution >= 0.6 is 0 Å². The lowest BCUT2D eigenvalue weighted by atomic mass is 9.95. The van der Waals surface area contributed by atoms with Crippen LogP contribution in [0.1, 0.15) is 50.4 Å². The summed E-state index contributed by atoms with van der Waals surface area (Å²) in [5.74, 6) is 0. The van der Waals surface area contributed by atoms with Crippen LogP contribution in [-0.2, 0) is 0 Å². The second-order valence-corrected chi connectivity index (χ2v) is 6.01. The lowest BCUT2D eigenvalue weighted by Crippen LogP contribution is -2.29. The van der Waals surface area contributed by atoms with E-state index in [0.29, 0.717) is 11.5 Å². The quantitative estimate of drug-likeness (QED) is 0.810. The van der Waals surface area contributed by atoms with Crippen LogP contribution in [0.4, 0.5) is 0 Å². The summed E-state index contributed by atoms with van der Waals surface area (Å²) in [7, 11) is 0. The molecule has 1 heteroatoms. The molecule has 16 heavy (non-hydrogen) atoms. The fraction of sp³-hybridized carbons (Fsp3) is 0.600. The van der Waals surface area contributed by atoms with Gasteiger partial charge in [0.1, 0.15) is 0 Å². The second kappa shape index (κ2) is 5.01. The van der Waals surface area contributed by atoms with E-state index in [0.717, 1.165) is 6.54 Å². The summed E-state index contributed by atoms with van der Waals surface area (Å²) in [5.41, 5.74) is 4.47. The fourth-order valence-electron chi connectivity index (χ4n) is 1.61. The summed E-state index contributed by atoms with van der Waals surface area (Å²) in [6.45, 7) is 14.4. The number of hydrogen-bond acceptors (Lipinski definition) is 1. The topological polar surface area (TPSA) is 12.0 Å². The first-order chi connectivity index (χ1) is 7.29. The zero-order valence-electron chi connectivity index (χ0n) is 11.5. The average molecular weight is 219 g/mol. The lowest BCUT2D eigenvalue weighted by molar-refractivity contribution is 0.359. The van der Waals surface area contributed by atoms with E-state index in [-0.39, 0.29) is 0 Å². The molecule has 0 spiro atoms. The second-order valence-electron chi connectivity index (χ2n) is 6.01. The summed E-state index contributed by atoms with van der Waals surface area (Å²) >= 11 is 0. The first kappa shape index (κ1) is 13.2. The minimum atomic E-state index is 0.341. The molecule has 0 fully saturated rings. The van der Waals surface area contributed by atoms with Gasteiger partial charge in [-0.2, -0.15) is 0 Å². The van der Waals surface area contributed by atoms with Gasteiger partial charge in [0.15, 0.2) is 0 Å². The molecule has 0 aliphatic rings. The highest BCUT2D eigenvalue weighted by molar-refractivity contribution is 5.31. The van der Waals surface area contributed by atoms with Crippen molar-refractivity contribution in [1.82, 2.24) is 5.32 Å². The van der Waals surface area contributed by atoms with E-state index in [1.165, 1.54) is 16.7 Å². The molecular formula is C15H25N. The maximum absolute atomic E-state index is 3.59. The van der Waals surface area contributed by atoms with E-state index in [2.05, 4.69) is 65.1 Å². The summed E-state index contributed by atoms with van der Waals surface area (Å²) in [4.78, 5) is 0. The van der Waals surface area contributed by atoms with Crippen molar-refractivity contribution < 1.29 is 0 Å². The van der Waals surface area contributed by atoms with Crippen molar-refractivity contribution in [3.8, 4) is 0 Å². The van der Waals surface area contributed by atoms with Crippen molar-refractivity contribution >= 4 is 0 Å². The van der Waals surface area contributed by atoms with Gasteiger partial charge in [0.05, 0.1) is 0 Å². The molecule has 1 rings (SSSR count). The molecule has 0 aliphatic heterocycles. The molecule has 90 valence electrons. The molecule has 0 bridgehead atoms. The van der Waals surface area contributed by atoms with Crippen LogP contribution in [-0.4, -0.2) is 6.54 Å². The van der Waals surface area contributed by atoms with Crippen molar-refractivity contribution in [2.24, 2.45) is 5.41 Å². The van der Waals surface area contributed by atoms with Gasteiger partial charge < -0.3 is 5.32 Å². The Balaban J connectivity index is 2.66. The van der Waals surface area contributed by atoms with Gasteiger partial charge in [-0.05, 0) is 42.9 Å². The van der Waals surface area contributed by atoms with Crippen molar-refractivity contribution in [3.63, 3.8) is 0 Å². The molecule has 0 saturated carbocycles. The third-order valence-corrected chi connectivity index (χ3v) is 2.97. The Morgan fingerprint density at radius 2 is 1.75 bits per heavy atom. The largest absolute Gasteiger partial charge is 0.310 e. The number of hydrogen-bond donors (Lipinski definition) is 1. The van der Waals surface area contributed by atoms with E-state index in [1.807, 2.05) is 0 Å². The van der Waals surface area contributed by atoms with Gasteiger partial charge in [-0.15, -0.1) is 0 Å². The zero-order chi connectivity index (χ0) is 12.3. The summed E-state index contributed by atoms with van der Waals surface area (Å²) in [6.07, 6.45) is 0. The molecule has 1 aromatic carbocycles. The maximum atomic E-state index is 3.59. The van der Waals surface area contributed by atoms with Crippen LogP contribution in [0.3, 0.4) is 0 Å². The predicted octanol–water partition coefficient (Wildman–Crippen LogP) is 4.00. The normalized spacial score (nSPS) is 13.9. The molecule has 0 radical (unpaired) electrons. The van der Waals surface area contributed by atoms with Gasteiger partial charge in [-0.3, -0.25) is 0 Å². The van der Waals surface area contributed by atoms with E-state index in [9.17, 15) is 0 Å². The van der Waals surface area contributed by atoms with Crippen molar-refractivity contribution in [1.29, 1.82) is 0 Å². The molecule has 1 aromatic rings. The predicted molar refractivity (Wildman–Crippen MR) is 71.8 cm³/mol. The molecule has 1 N–H and O–H groups in total. The van der Waals surface area contributed by atoms with Gasteiger partial charge in [0.2, 0.25) is 0 Å². The SMILES string of the molecule is Cc1ccc(C(C)NCC(C)(C)C)cc1C. The standard InChI is InChI=1S/C15H25N/c1-11-7-8-14(9-12(11)2)13(3)16-10-15(4,5)6/h7-9,13,16H,10H2,1-6H3. The molecule has 0 aromatic heterocycles. The van der Waals surface area contributed by atoms with E-state index in [1.54, 1.807) is 0 Å². The van der Waals surface area contributed by atoms with Crippen LogP contribution in [0.15, 0.2) is 18.2 Å². The maximum Gasteiger partial charge on any atom is 0.0292 e. The van der Waals surface area contributed by atoms with E-state index < -0.39 is 0 Å². The number of benzene rings is 1. The minimum absolute atomic E-state index is 0.341. The summed E-state index contributed by atoms with van der Waals surface area (Å²) < 4.78 is 0. The van der Waals surface area contributed by atoms with Gasteiger partial charge in [0.25, 0.3) is 0 Å². The number of aryl methyl sites for hydroxylation is 2. The van der Waals surface area contributed by atoms with Crippen LogP contribution in [0.2, 0.25) is 0 Å². The molecule has 1 unspecified atom stereocenters. The van der Waals surface area contributed by atoms with Crippen molar-refractivity contribution in [2.45, 2.75) is 47.6 Å². The van der Waals surface area contributed by atoms with Gasteiger partial charge >= 0.3 is 0 Å². The number of nitrogens with one attached hydrogen (secondary N) is 1. The molecule has 0 heterocycles. The number of rotatable bonds is 3. The average Bonchev–Trinajstić information content (AvgIpc) is 2.17. The van der Waals surface area contributed by atoms with Gasteiger partial charge in [0, 0.05) is 12.6 Å². The third-order valence-electron chi connectivity index (χ3n) is 2.97. The van der Waals surface area contributed by atoms with Crippen LogP contribution < -0.4 is 5.32 Å². The van der Waals surface area contributed by atoms with Crippen LogP contribution in [0, 0.1) is 19.3 Å². The van der Waals surface area contributed by atoms with Gasteiger partial charge in [-0.1, -0.05) is 39.0 Å². The highest BCUT2D eigenvalue weighted by Gasteiger charge is 2.12.